The zero-order chi connectivity index (χ0) is 18.0. The lowest BCUT2D eigenvalue weighted by molar-refractivity contribution is -0.151. The quantitative estimate of drug-likeness (QED) is 0.865. The molecule has 0 aliphatic carbocycles. The number of aliphatic carboxylic acids is 2. The van der Waals surface area contributed by atoms with Crippen LogP contribution in [0.2, 0.25) is 0 Å². The summed E-state index contributed by atoms with van der Waals surface area (Å²) in [5.41, 5.74) is 1.66. The van der Waals surface area contributed by atoms with Crippen LogP contribution in [0.3, 0.4) is 0 Å². The van der Waals surface area contributed by atoms with E-state index in [0.717, 1.165) is 11.1 Å². The zero-order valence-electron chi connectivity index (χ0n) is 14.6. The molecule has 0 saturated carbocycles. The average molecular weight is 322 g/mol. The molecule has 1 rings (SSSR count). The summed E-state index contributed by atoms with van der Waals surface area (Å²) in [6.45, 7) is 12.3. The monoisotopic (exact) mass is 322 g/mol. The Kier molecular flexibility index (Phi) is 5.46. The summed E-state index contributed by atoms with van der Waals surface area (Å²) in [5.74, 6) is -2.08. The van der Waals surface area contributed by atoms with Crippen LogP contribution in [-0.4, -0.2) is 28.3 Å². The van der Waals surface area contributed by atoms with E-state index in [1.807, 2.05) is 32.9 Å². The van der Waals surface area contributed by atoms with Crippen molar-refractivity contribution < 1.29 is 24.5 Å². The maximum absolute atomic E-state index is 11.2. The fourth-order valence-corrected chi connectivity index (χ4v) is 2.18. The Bertz CT molecular complexity index is 590. The third-order valence-electron chi connectivity index (χ3n) is 3.56. The summed E-state index contributed by atoms with van der Waals surface area (Å²) < 4.78 is 5.53. The molecule has 1 unspecified atom stereocenters. The Hall–Kier alpha value is -2.04. The Morgan fingerprint density at radius 3 is 2.00 bits per heavy atom. The molecule has 0 saturated heterocycles. The van der Waals surface area contributed by atoms with Crippen molar-refractivity contribution in [3.05, 3.63) is 29.3 Å². The van der Waals surface area contributed by atoms with E-state index in [1.165, 1.54) is 0 Å². The number of hydrogen-bond donors (Lipinski definition) is 2. The lowest BCUT2D eigenvalue weighted by Crippen LogP contribution is -2.31. The van der Waals surface area contributed by atoms with Gasteiger partial charge in [-0.25, -0.2) is 4.79 Å². The van der Waals surface area contributed by atoms with Crippen molar-refractivity contribution in [2.75, 3.05) is 0 Å². The van der Waals surface area contributed by atoms with Gasteiger partial charge in [0.1, 0.15) is 5.75 Å². The van der Waals surface area contributed by atoms with Crippen molar-refractivity contribution in [2.45, 2.75) is 64.9 Å². The zero-order valence-corrected chi connectivity index (χ0v) is 14.6. The van der Waals surface area contributed by atoms with Gasteiger partial charge in [-0.3, -0.25) is 4.79 Å². The molecule has 5 heteroatoms. The van der Waals surface area contributed by atoms with Crippen molar-refractivity contribution in [2.24, 2.45) is 0 Å². The number of carbonyl (C=O) groups is 2. The molecule has 5 nitrogen and oxygen atoms in total. The van der Waals surface area contributed by atoms with Crippen LogP contribution < -0.4 is 4.74 Å². The van der Waals surface area contributed by atoms with E-state index in [0.29, 0.717) is 5.75 Å². The number of carboxylic acids is 2. The van der Waals surface area contributed by atoms with Crippen LogP contribution in [0.4, 0.5) is 0 Å². The molecule has 0 spiro atoms. The number of hydrogen-bond acceptors (Lipinski definition) is 3. The predicted octanol–water partition coefficient (Wildman–Crippen LogP) is 3.59. The second kappa shape index (κ2) is 6.60. The SMILES string of the molecule is CC(C)(C)c1ccc(OC(CC(=O)O)C(=O)O)c(C(C)(C)C)c1. The smallest absolute Gasteiger partial charge is 0.345 e. The van der Waals surface area contributed by atoms with Gasteiger partial charge in [0.2, 0.25) is 6.10 Å². The van der Waals surface area contributed by atoms with E-state index in [9.17, 15) is 14.7 Å². The van der Waals surface area contributed by atoms with Crippen LogP contribution >= 0.6 is 0 Å². The molecule has 0 bridgehead atoms. The topological polar surface area (TPSA) is 83.8 Å². The van der Waals surface area contributed by atoms with E-state index in [-0.39, 0.29) is 10.8 Å². The minimum absolute atomic E-state index is 0.0498. The molecule has 0 aliphatic heterocycles. The highest BCUT2D eigenvalue weighted by atomic mass is 16.5. The summed E-state index contributed by atoms with van der Waals surface area (Å²) in [4.78, 5) is 22.1. The molecule has 2 N–H and O–H groups in total. The van der Waals surface area contributed by atoms with E-state index >= 15 is 0 Å². The summed E-state index contributed by atoms with van der Waals surface area (Å²) in [7, 11) is 0. The first-order chi connectivity index (χ1) is 10.3. The van der Waals surface area contributed by atoms with E-state index in [2.05, 4.69) is 20.8 Å². The number of benzene rings is 1. The molecule has 0 aromatic heterocycles. The summed E-state index contributed by atoms with van der Waals surface area (Å²) in [6, 6.07) is 5.64. The molecule has 23 heavy (non-hydrogen) atoms. The third-order valence-corrected chi connectivity index (χ3v) is 3.56. The fourth-order valence-electron chi connectivity index (χ4n) is 2.18. The van der Waals surface area contributed by atoms with Crippen molar-refractivity contribution in [1.29, 1.82) is 0 Å². The van der Waals surface area contributed by atoms with Gasteiger partial charge in [0.05, 0.1) is 6.42 Å². The van der Waals surface area contributed by atoms with E-state index in [4.69, 9.17) is 9.84 Å². The molecule has 0 heterocycles. The first kappa shape index (κ1) is 19.0. The minimum Gasteiger partial charge on any atom is -0.481 e. The Morgan fingerprint density at radius 2 is 1.61 bits per heavy atom. The van der Waals surface area contributed by atoms with Crippen LogP contribution in [-0.2, 0) is 20.4 Å². The van der Waals surface area contributed by atoms with Gasteiger partial charge in [-0.15, -0.1) is 0 Å². The van der Waals surface area contributed by atoms with Gasteiger partial charge < -0.3 is 14.9 Å². The molecular formula is C18H26O5. The lowest BCUT2D eigenvalue weighted by atomic mass is 9.80. The van der Waals surface area contributed by atoms with Crippen LogP contribution in [0.25, 0.3) is 0 Å². The van der Waals surface area contributed by atoms with Gasteiger partial charge in [0.25, 0.3) is 0 Å². The summed E-state index contributed by atoms with van der Waals surface area (Å²) >= 11 is 0. The number of rotatable bonds is 5. The predicted molar refractivity (Wildman–Crippen MR) is 88.1 cm³/mol. The lowest BCUT2D eigenvalue weighted by Gasteiger charge is -2.28. The second-order valence-corrected chi connectivity index (χ2v) is 7.75. The molecule has 0 radical (unpaired) electrons. The first-order valence-electron chi connectivity index (χ1n) is 7.58. The summed E-state index contributed by atoms with van der Waals surface area (Å²) in [6.07, 6.45) is -1.99. The Balaban J connectivity index is 3.29. The Labute approximate surface area is 137 Å². The van der Waals surface area contributed by atoms with Crippen LogP contribution in [0, 0.1) is 0 Å². The highest BCUT2D eigenvalue weighted by Gasteiger charge is 2.28. The number of carboxylic acid groups (broad SMARTS) is 2. The van der Waals surface area contributed by atoms with Gasteiger partial charge in [-0.1, -0.05) is 53.7 Å². The molecule has 128 valence electrons. The average Bonchev–Trinajstić information content (AvgIpc) is 2.35. The van der Waals surface area contributed by atoms with Crippen molar-refractivity contribution in [1.82, 2.24) is 0 Å². The van der Waals surface area contributed by atoms with Gasteiger partial charge in [0.15, 0.2) is 0 Å². The van der Waals surface area contributed by atoms with Crippen LogP contribution in [0.15, 0.2) is 18.2 Å². The molecular weight excluding hydrogens is 296 g/mol. The van der Waals surface area contributed by atoms with Crippen molar-refractivity contribution in [3.63, 3.8) is 0 Å². The van der Waals surface area contributed by atoms with Crippen molar-refractivity contribution >= 4 is 11.9 Å². The van der Waals surface area contributed by atoms with Gasteiger partial charge >= 0.3 is 11.9 Å². The van der Waals surface area contributed by atoms with Crippen LogP contribution in [0.5, 0.6) is 5.75 Å². The largest absolute Gasteiger partial charge is 0.481 e. The molecule has 1 aromatic carbocycles. The van der Waals surface area contributed by atoms with Crippen LogP contribution in [0.1, 0.15) is 59.1 Å². The van der Waals surface area contributed by atoms with E-state index < -0.39 is 24.5 Å². The van der Waals surface area contributed by atoms with Gasteiger partial charge in [-0.05, 0) is 28.0 Å². The maximum atomic E-state index is 11.2. The van der Waals surface area contributed by atoms with Crippen molar-refractivity contribution in [3.8, 4) is 5.75 Å². The highest BCUT2D eigenvalue weighted by molar-refractivity contribution is 5.80. The molecule has 0 aliphatic rings. The molecule has 0 fully saturated rings. The number of ether oxygens (including phenoxy) is 1. The maximum Gasteiger partial charge on any atom is 0.345 e. The van der Waals surface area contributed by atoms with E-state index in [1.54, 1.807) is 6.07 Å². The fraction of sp³-hybridized carbons (Fsp3) is 0.556. The standard InChI is InChI=1S/C18H26O5/c1-17(2,3)11-7-8-13(12(9-11)18(4,5)6)23-14(16(21)22)10-15(19)20/h7-9,14H,10H2,1-6H3,(H,19,20)(H,21,22). The third kappa shape index (κ3) is 5.27. The van der Waals surface area contributed by atoms with Gasteiger partial charge in [-0.2, -0.15) is 0 Å². The summed E-state index contributed by atoms with van der Waals surface area (Å²) in [5, 5.41) is 18.0. The van der Waals surface area contributed by atoms with Gasteiger partial charge in [0, 0.05) is 0 Å². The Morgan fingerprint density at radius 1 is 1.04 bits per heavy atom. The first-order valence-corrected chi connectivity index (χ1v) is 7.58. The highest BCUT2D eigenvalue weighted by Crippen LogP contribution is 2.36. The second-order valence-electron chi connectivity index (χ2n) is 7.75. The normalized spacial score (nSPS) is 13.5. The molecule has 1 atom stereocenters. The minimum atomic E-state index is -1.41. The molecule has 1 aromatic rings. The molecule has 0 amide bonds.